The summed E-state index contributed by atoms with van der Waals surface area (Å²) in [5.74, 6) is -0.606. The summed E-state index contributed by atoms with van der Waals surface area (Å²) in [4.78, 5) is 10.8. The Kier molecular flexibility index (Phi) is 5.82. The zero-order chi connectivity index (χ0) is 17.7. The second-order valence-corrected chi connectivity index (χ2v) is 7.09. The van der Waals surface area contributed by atoms with Crippen LogP contribution in [0.4, 0.5) is 0 Å². The fraction of sp³-hybridized carbons (Fsp3) is 0.188. The molecule has 0 aliphatic carbocycles. The lowest BCUT2D eigenvalue weighted by atomic mass is 10.1. The molecule has 0 heterocycles. The van der Waals surface area contributed by atoms with E-state index in [2.05, 4.69) is 0 Å². The van der Waals surface area contributed by atoms with E-state index >= 15 is 0 Å². The Morgan fingerprint density at radius 2 is 1.79 bits per heavy atom. The number of hydrogen-bond donors (Lipinski definition) is 1. The van der Waals surface area contributed by atoms with E-state index < -0.39 is 16.1 Å². The molecule has 24 heavy (non-hydrogen) atoms. The maximum atomic E-state index is 11.1. The third-order valence-corrected chi connectivity index (χ3v) is 3.83. The number of carboxylic acids is 1. The summed E-state index contributed by atoms with van der Waals surface area (Å²) in [5.41, 5.74) is 1.48. The summed E-state index contributed by atoms with van der Waals surface area (Å²) < 4.78 is 32.7. The molecule has 0 aromatic heterocycles. The van der Waals surface area contributed by atoms with Gasteiger partial charge < -0.3 is 9.84 Å². The first-order valence-corrected chi connectivity index (χ1v) is 9.02. The minimum Gasteiger partial charge on any atom is -0.488 e. The maximum absolute atomic E-state index is 11.1. The highest BCUT2D eigenvalue weighted by atomic mass is 35.5. The minimum atomic E-state index is -3.57. The van der Waals surface area contributed by atoms with Crippen LogP contribution in [0.1, 0.15) is 21.5 Å². The molecule has 0 unspecified atom stereocenters. The number of carboxylic acid groups (broad SMARTS) is 1. The van der Waals surface area contributed by atoms with Crippen LogP contribution in [-0.4, -0.2) is 25.7 Å². The van der Waals surface area contributed by atoms with Gasteiger partial charge in [0.25, 0.3) is 10.1 Å². The smallest absolute Gasteiger partial charge is 0.335 e. The van der Waals surface area contributed by atoms with Crippen LogP contribution in [0.3, 0.4) is 0 Å². The van der Waals surface area contributed by atoms with Gasteiger partial charge in [0.2, 0.25) is 0 Å². The number of hydrogen-bond acceptors (Lipinski definition) is 5. The van der Waals surface area contributed by atoms with Crippen molar-refractivity contribution in [3.63, 3.8) is 0 Å². The van der Waals surface area contributed by atoms with Crippen LogP contribution in [0.15, 0.2) is 42.5 Å². The first-order chi connectivity index (χ1) is 11.2. The fourth-order valence-corrected chi connectivity index (χ4v) is 2.36. The van der Waals surface area contributed by atoms with E-state index in [0.717, 1.165) is 11.8 Å². The summed E-state index contributed by atoms with van der Waals surface area (Å²) in [7, 11) is -3.57. The highest BCUT2D eigenvalue weighted by Gasteiger charge is 2.10. The highest BCUT2D eigenvalue weighted by Crippen LogP contribution is 2.25. The van der Waals surface area contributed by atoms with Crippen molar-refractivity contribution in [3.05, 3.63) is 64.2 Å². The number of carbonyl (C=O) groups is 1. The SMILES string of the molecule is CS(=O)(=O)OCc1ccc(Cl)cc1OCc1ccc(C(=O)O)cc1. The van der Waals surface area contributed by atoms with Gasteiger partial charge in [0.15, 0.2) is 0 Å². The molecule has 2 aromatic carbocycles. The van der Waals surface area contributed by atoms with Gasteiger partial charge in [-0.15, -0.1) is 0 Å². The van der Waals surface area contributed by atoms with E-state index in [9.17, 15) is 13.2 Å². The number of benzene rings is 2. The topological polar surface area (TPSA) is 89.9 Å². The second-order valence-electron chi connectivity index (χ2n) is 5.01. The molecule has 0 amide bonds. The second kappa shape index (κ2) is 7.65. The van der Waals surface area contributed by atoms with Gasteiger partial charge >= 0.3 is 5.97 Å². The molecule has 0 aliphatic rings. The Morgan fingerprint density at radius 3 is 2.38 bits per heavy atom. The lowest BCUT2D eigenvalue weighted by molar-refractivity contribution is 0.0697. The lowest BCUT2D eigenvalue weighted by Gasteiger charge is -2.12. The number of ether oxygens (including phenoxy) is 1. The van der Waals surface area contributed by atoms with Crippen LogP contribution in [0.5, 0.6) is 5.75 Å². The first-order valence-electron chi connectivity index (χ1n) is 6.82. The molecule has 0 aliphatic heterocycles. The number of halogens is 1. The molecule has 2 rings (SSSR count). The summed E-state index contributed by atoms with van der Waals surface area (Å²) in [6.07, 6.45) is 0.966. The van der Waals surface area contributed by atoms with Crippen LogP contribution in [0, 0.1) is 0 Å². The van der Waals surface area contributed by atoms with Crippen molar-refractivity contribution in [1.29, 1.82) is 0 Å². The summed E-state index contributed by atoms with van der Waals surface area (Å²) in [5, 5.41) is 9.31. The van der Waals surface area contributed by atoms with Crippen LogP contribution >= 0.6 is 11.6 Å². The normalized spacial score (nSPS) is 11.2. The van der Waals surface area contributed by atoms with Crippen LogP contribution in [0.2, 0.25) is 5.02 Å². The van der Waals surface area contributed by atoms with Gasteiger partial charge in [-0.05, 0) is 29.8 Å². The average Bonchev–Trinajstić information content (AvgIpc) is 2.51. The highest BCUT2D eigenvalue weighted by molar-refractivity contribution is 7.85. The fourth-order valence-electron chi connectivity index (χ4n) is 1.86. The van der Waals surface area contributed by atoms with Gasteiger partial charge in [-0.2, -0.15) is 8.42 Å². The Balaban J connectivity index is 2.10. The monoisotopic (exact) mass is 370 g/mol. The predicted molar refractivity (Wildman–Crippen MR) is 88.8 cm³/mol. The Morgan fingerprint density at radius 1 is 1.12 bits per heavy atom. The molecule has 128 valence electrons. The van der Waals surface area contributed by atoms with Gasteiger partial charge in [-0.25, -0.2) is 4.79 Å². The molecule has 1 N–H and O–H groups in total. The van der Waals surface area contributed by atoms with E-state index in [1.54, 1.807) is 30.3 Å². The van der Waals surface area contributed by atoms with E-state index in [1.165, 1.54) is 12.1 Å². The third-order valence-electron chi connectivity index (χ3n) is 3.05. The molecule has 0 fully saturated rings. The molecule has 0 saturated heterocycles. The zero-order valence-corrected chi connectivity index (χ0v) is 14.3. The van der Waals surface area contributed by atoms with Crippen LogP contribution < -0.4 is 4.74 Å². The third kappa shape index (κ3) is 5.52. The van der Waals surface area contributed by atoms with Crippen molar-refractivity contribution in [2.75, 3.05) is 6.26 Å². The maximum Gasteiger partial charge on any atom is 0.335 e. The first kappa shape index (κ1) is 18.3. The van der Waals surface area contributed by atoms with Crippen LogP contribution in [-0.2, 0) is 27.5 Å². The predicted octanol–water partition coefficient (Wildman–Crippen LogP) is 3.09. The van der Waals surface area contributed by atoms with Crippen LogP contribution in [0.25, 0.3) is 0 Å². The summed E-state index contributed by atoms with van der Waals surface area (Å²) >= 11 is 5.94. The Bertz CT molecular complexity index is 830. The molecule has 0 bridgehead atoms. The van der Waals surface area contributed by atoms with Gasteiger partial charge in [0.05, 0.1) is 18.4 Å². The van der Waals surface area contributed by atoms with Crippen molar-refractivity contribution < 1.29 is 27.2 Å². The minimum absolute atomic E-state index is 0.163. The largest absolute Gasteiger partial charge is 0.488 e. The lowest BCUT2D eigenvalue weighted by Crippen LogP contribution is -2.05. The molecule has 6 nitrogen and oxygen atoms in total. The van der Waals surface area contributed by atoms with Gasteiger partial charge in [-0.1, -0.05) is 29.8 Å². The van der Waals surface area contributed by atoms with Crippen molar-refractivity contribution >= 4 is 27.7 Å². The van der Waals surface area contributed by atoms with Crippen molar-refractivity contribution in [1.82, 2.24) is 0 Å². The number of rotatable bonds is 7. The van der Waals surface area contributed by atoms with E-state index in [4.69, 9.17) is 25.6 Å². The molecule has 0 saturated carbocycles. The van der Waals surface area contributed by atoms with Crippen molar-refractivity contribution in [3.8, 4) is 5.75 Å². The summed E-state index contributed by atoms with van der Waals surface area (Å²) in [6, 6.07) is 11.0. The van der Waals surface area contributed by atoms with E-state index in [0.29, 0.717) is 16.3 Å². The van der Waals surface area contributed by atoms with Gasteiger partial charge in [0, 0.05) is 10.6 Å². The number of aromatic carboxylic acids is 1. The molecule has 0 radical (unpaired) electrons. The summed E-state index contributed by atoms with van der Waals surface area (Å²) in [6.45, 7) is 0.00933. The van der Waals surface area contributed by atoms with Crippen molar-refractivity contribution in [2.24, 2.45) is 0 Å². The quantitative estimate of drug-likeness (QED) is 0.753. The van der Waals surface area contributed by atoms with E-state index in [1.807, 2.05) is 0 Å². The Labute approximate surface area is 144 Å². The van der Waals surface area contributed by atoms with Crippen molar-refractivity contribution in [2.45, 2.75) is 13.2 Å². The zero-order valence-electron chi connectivity index (χ0n) is 12.7. The average molecular weight is 371 g/mol. The molecule has 8 heteroatoms. The molecule has 0 spiro atoms. The molecular weight excluding hydrogens is 356 g/mol. The van der Waals surface area contributed by atoms with Gasteiger partial charge in [0.1, 0.15) is 12.4 Å². The molecule has 2 aromatic rings. The Hall–Kier alpha value is -2.09. The van der Waals surface area contributed by atoms with E-state index in [-0.39, 0.29) is 18.8 Å². The van der Waals surface area contributed by atoms with Gasteiger partial charge in [-0.3, -0.25) is 4.18 Å². The standard InChI is InChI=1S/C16H15ClO6S/c1-24(20,21)23-10-13-6-7-14(17)8-15(13)22-9-11-2-4-12(5-3-11)16(18)19/h2-8H,9-10H2,1H3,(H,18,19). The molecule has 0 atom stereocenters. The molecular formula is C16H15ClO6S.